The van der Waals surface area contributed by atoms with Crippen molar-refractivity contribution in [3.05, 3.63) is 101 Å². The van der Waals surface area contributed by atoms with E-state index in [-0.39, 0.29) is 0 Å². The molecule has 0 fully saturated rings. The number of para-hydroxylation sites is 2. The zero-order valence-corrected chi connectivity index (χ0v) is 20.8. The molecule has 0 radical (unpaired) electrons. The van der Waals surface area contributed by atoms with Gasteiger partial charge in [-0.3, -0.25) is 0 Å². The number of hydrogen-bond donors (Lipinski definition) is 0. The lowest BCUT2D eigenvalue weighted by molar-refractivity contribution is -0.653. The Balaban J connectivity index is 1.79. The van der Waals surface area contributed by atoms with Crippen molar-refractivity contribution in [3.63, 3.8) is 0 Å². The van der Waals surface area contributed by atoms with Crippen LogP contribution in [0, 0.1) is 27.6 Å². The summed E-state index contributed by atoms with van der Waals surface area (Å²) in [5, 5.41) is 1.74. The summed E-state index contributed by atoms with van der Waals surface area (Å²) in [6.45, 7) is 3.96. The molecule has 0 bridgehead atoms. The number of imidazole rings is 1. The van der Waals surface area contributed by atoms with Crippen molar-refractivity contribution < 1.29 is 8.68 Å². The predicted octanol–water partition coefficient (Wildman–Crippen LogP) is 6.64. The van der Waals surface area contributed by atoms with Crippen molar-refractivity contribution in [2.24, 2.45) is 14.1 Å². The minimum Gasteiger partial charge on any atom is -0.321 e. The standard InChI is InChI=1S/C31H31N4/c1-20-13-12-14-21(2)29(20)34-19-27(33(6)30(34)24-15-8-7-9-16-24)35-26-18-11-10-17-25(26)28-22(3)23(4)32(5)31(28)35/h7-19H,1-6H3/q+1/i3D3. The number of benzene rings is 3. The molecule has 0 aliphatic heterocycles. The maximum Gasteiger partial charge on any atom is 0.267 e. The minimum atomic E-state index is -2.22. The van der Waals surface area contributed by atoms with Crippen LogP contribution < -0.4 is 4.57 Å². The Morgan fingerprint density at radius 3 is 2.23 bits per heavy atom. The Morgan fingerprint density at radius 1 is 0.829 bits per heavy atom. The molecule has 6 aromatic rings. The maximum absolute atomic E-state index is 8.35. The first-order chi connectivity index (χ1) is 18.1. The van der Waals surface area contributed by atoms with Crippen LogP contribution in [-0.4, -0.2) is 13.7 Å². The lowest BCUT2D eigenvalue weighted by Gasteiger charge is -2.10. The number of aryl methyl sites for hydroxylation is 4. The van der Waals surface area contributed by atoms with Crippen molar-refractivity contribution in [2.75, 3.05) is 0 Å². The molecule has 0 saturated heterocycles. The predicted molar refractivity (Wildman–Crippen MR) is 145 cm³/mol. The van der Waals surface area contributed by atoms with Gasteiger partial charge in [0.1, 0.15) is 17.4 Å². The molecule has 35 heavy (non-hydrogen) atoms. The van der Waals surface area contributed by atoms with Crippen molar-refractivity contribution in [2.45, 2.75) is 27.6 Å². The quantitative estimate of drug-likeness (QED) is 0.263. The van der Waals surface area contributed by atoms with Gasteiger partial charge in [0.25, 0.3) is 5.82 Å². The van der Waals surface area contributed by atoms with E-state index in [1.165, 1.54) is 11.1 Å². The molecule has 0 atom stereocenters. The molecule has 0 unspecified atom stereocenters. The van der Waals surface area contributed by atoms with Gasteiger partial charge < -0.3 is 4.57 Å². The average molecular weight is 463 g/mol. The van der Waals surface area contributed by atoms with E-state index >= 15 is 0 Å². The van der Waals surface area contributed by atoms with E-state index in [0.29, 0.717) is 5.56 Å². The Kier molecular flexibility index (Phi) is 4.05. The highest BCUT2D eigenvalue weighted by Gasteiger charge is 2.30. The first-order valence-electron chi connectivity index (χ1n) is 13.4. The summed E-state index contributed by atoms with van der Waals surface area (Å²) in [6, 6.07) is 24.9. The topological polar surface area (TPSA) is 18.7 Å². The van der Waals surface area contributed by atoms with Crippen LogP contribution in [0.4, 0.5) is 0 Å². The Morgan fingerprint density at radius 2 is 1.51 bits per heavy atom. The fourth-order valence-electron chi connectivity index (χ4n) is 5.55. The van der Waals surface area contributed by atoms with Gasteiger partial charge in [0.15, 0.2) is 5.65 Å². The van der Waals surface area contributed by atoms with E-state index in [2.05, 4.69) is 89.3 Å². The lowest BCUT2D eigenvalue weighted by atomic mass is 10.1. The van der Waals surface area contributed by atoms with Crippen LogP contribution in [0.2, 0.25) is 0 Å². The van der Waals surface area contributed by atoms with Crippen molar-refractivity contribution in [1.29, 1.82) is 0 Å². The van der Waals surface area contributed by atoms with Crippen molar-refractivity contribution >= 4 is 21.9 Å². The highest BCUT2D eigenvalue weighted by atomic mass is 15.3. The first-order valence-corrected chi connectivity index (χ1v) is 11.9. The van der Waals surface area contributed by atoms with Crippen molar-refractivity contribution in [1.82, 2.24) is 13.7 Å². The van der Waals surface area contributed by atoms with Gasteiger partial charge in [0, 0.05) is 33.2 Å². The van der Waals surface area contributed by atoms with E-state index in [1.54, 1.807) is 0 Å². The smallest absolute Gasteiger partial charge is 0.267 e. The number of nitrogens with zero attached hydrogens (tertiary/aromatic N) is 4. The summed E-state index contributed by atoms with van der Waals surface area (Å²) in [6.07, 6.45) is 2.18. The van der Waals surface area contributed by atoms with E-state index in [0.717, 1.165) is 50.5 Å². The third-order valence-corrected chi connectivity index (χ3v) is 7.36. The SMILES string of the molecule is [2H]C([2H])([2H])c1c(C)n(C)c2c1c1ccccc1n2-c1cn(-c2c(C)cccc2C)c(-c2ccccc2)[n+]1C. The Labute approximate surface area is 210 Å². The van der Waals surface area contributed by atoms with Crippen LogP contribution in [0.3, 0.4) is 0 Å². The second kappa shape index (κ2) is 7.74. The largest absolute Gasteiger partial charge is 0.321 e. The first kappa shape index (κ1) is 18.3. The number of fused-ring (bicyclic) bond motifs is 3. The highest BCUT2D eigenvalue weighted by molar-refractivity contribution is 6.10. The van der Waals surface area contributed by atoms with Gasteiger partial charge in [-0.15, -0.1) is 0 Å². The molecule has 3 aromatic heterocycles. The van der Waals surface area contributed by atoms with Gasteiger partial charge in [-0.25, -0.2) is 13.7 Å². The zero-order chi connectivity index (χ0) is 26.9. The molecular formula is C31H31N4+. The second-order valence-electron chi connectivity index (χ2n) is 9.42. The Bertz CT molecular complexity index is 1830. The summed E-state index contributed by atoms with van der Waals surface area (Å²) >= 11 is 0. The average Bonchev–Trinajstić information content (AvgIpc) is 3.47. The zero-order valence-electron chi connectivity index (χ0n) is 23.8. The van der Waals surface area contributed by atoms with Crippen LogP contribution >= 0.6 is 0 Å². The van der Waals surface area contributed by atoms with Gasteiger partial charge in [-0.1, -0.05) is 54.6 Å². The van der Waals surface area contributed by atoms with E-state index < -0.39 is 6.85 Å². The van der Waals surface area contributed by atoms with Gasteiger partial charge in [-0.05, 0) is 62.5 Å². The summed E-state index contributed by atoms with van der Waals surface area (Å²) in [5.74, 6) is 2.00. The van der Waals surface area contributed by atoms with E-state index in [9.17, 15) is 0 Å². The molecule has 3 aromatic carbocycles. The summed E-state index contributed by atoms with van der Waals surface area (Å²) in [7, 11) is 4.05. The molecule has 0 amide bonds. The molecular weight excluding hydrogens is 428 g/mol. The second-order valence-corrected chi connectivity index (χ2v) is 9.42. The van der Waals surface area contributed by atoms with Gasteiger partial charge in [-0.2, -0.15) is 0 Å². The third kappa shape index (κ3) is 2.96. The lowest BCUT2D eigenvalue weighted by Crippen LogP contribution is -2.34. The fourth-order valence-corrected chi connectivity index (χ4v) is 5.55. The molecule has 0 aliphatic carbocycles. The fraction of sp³-hybridized carbons (Fsp3) is 0.194. The third-order valence-electron chi connectivity index (χ3n) is 7.36. The van der Waals surface area contributed by atoms with E-state index in [4.69, 9.17) is 4.11 Å². The molecule has 6 rings (SSSR count). The van der Waals surface area contributed by atoms with Crippen LogP contribution in [-0.2, 0) is 14.1 Å². The van der Waals surface area contributed by atoms with Gasteiger partial charge in [0.2, 0.25) is 5.82 Å². The van der Waals surface area contributed by atoms with Gasteiger partial charge in [0.05, 0.1) is 7.05 Å². The molecule has 0 spiro atoms. The molecule has 3 heterocycles. The Hall–Kier alpha value is -4.05. The number of aromatic nitrogens is 4. The summed E-state index contributed by atoms with van der Waals surface area (Å²) in [5.41, 5.74) is 7.66. The summed E-state index contributed by atoms with van der Waals surface area (Å²) < 4.78 is 33.8. The van der Waals surface area contributed by atoms with E-state index in [1.807, 2.05) is 42.8 Å². The molecule has 4 nitrogen and oxygen atoms in total. The highest BCUT2D eigenvalue weighted by Crippen LogP contribution is 2.37. The van der Waals surface area contributed by atoms with Gasteiger partial charge >= 0.3 is 0 Å². The molecule has 0 saturated carbocycles. The van der Waals surface area contributed by atoms with Crippen LogP contribution in [0.15, 0.2) is 79.0 Å². The molecule has 4 heteroatoms. The monoisotopic (exact) mass is 462 g/mol. The van der Waals surface area contributed by atoms with Crippen molar-refractivity contribution in [3.8, 4) is 22.9 Å². The summed E-state index contributed by atoms with van der Waals surface area (Å²) in [4.78, 5) is 0. The molecule has 0 aliphatic rings. The minimum absolute atomic E-state index is 0.421. The molecule has 0 N–H and O–H groups in total. The number of hydrogen-bond acceptors (Lipinski definition) is 0. The van der Waals surface area contributed by atoms with Crippen LogP contribution in [0.5, 0.6) is 0 Å². The molecule has 174 valence electrons. The maximum atomic E-state index is 8.35. The van der Waals surface area contributed by atoms with Crippen LogP contribution in [0.25, 0.3) is 44.8 Å². The number of rotatable bonds is 3. The van der Waals surface area contributed by atoms with Crippen LogP contribution in [0.1, 0.15) is 26.5 Å². The normalized spacial score (nSPS) is 13.3.